The molecule has 2 fully saturated rings. The lowest BCUT2D eigenvalue weighted by Crippen LogP contribution is -2.42. The molecule has 0 amide bonds. The summed E-state index contributed by atoms with van der Waals surface area (Å²) in [5, 5.41) is 22.1. The van der Waals surface area contributed by atoms with Crippen LogP contribution < -0.4 is 0 Å². The number of phenols is 1. The van der Waals surface area contributed by atoms with Gasteiger partial charge in [0.15, 0.2) is 0 Å². The van der Waals surface area contributed by atoms with Crippen molar-refractivity contribution in [3.05, 3.63) is 29.3 Å². The number of rotatable bonds is 1. The van der Waals surface area contributed by atoms with Crippen LogP contribution in [0.2, 0.25) is 0 Å². The van der Waals surface area contributed by atoms with Crippen molar-refractivity contribution >= 4 is 17.6 Å². The second-order valence-corrected chi connectivity index (χ2v) is 8.17. The van der Waals surface area contributed by atoms with Crippen LogP contribution in [0.25, 0.3) is 0 Å². The largest absolute Gasteiger partial charge is 0.508 e. The third-order valence-corrected chi connectivity index (χ3v) is 7.09. The molecule has 0 bridgehead atoms. The highest BCUT2D eigenvalue weighted by molar-refractivity contribution is 7.79. The average molecular weight is 316 g/mol. The molecule has 22 heavy (non-hydrogen) atoms. The van der Waals surface area contributed by atoms with Gasteiger partial charge in [0, 0.05) is 5.92 Å². The molecule has 3 heteroatoms. The fourth-order valence-corrected chi connectivity index (χ4v) is 6.26. The van der Waals surface area contributed by atoms with E-state index >= 15 is 0 Å². The van der Waals surface area contributed by atoms with Gasteiger partial charge in [0.2, 0.25) is 0 Å². The van der Waals surface area contributed by atoms with Crippen molar-refractivity contribution < 1.29 is 10.2 Å². The Kier molecular flexibility index (Phi) is 3.35. The summed E-state index contributed by atoms with van der Waals surface area (Å²) >= 11 is 5.28. The number of thiocarbonyl (C=S) groups is 1. The molecule has 3 aliphatic carbocycles. The summed E-state index contributed by atoms with van der Waals surface area (Å²) in [7, 11) is 0. The number of phenolic OH excluding ortho intramolecular Hbond substituents is 1. The molecule has 2 nitrogen and oxygen atoms in total. The van der Waals surface area contributed by atoms with Crippen LogP contribution in [-0.2, 0) is 6.42 Å². The summed E-state index contributed by atoms with van der Waals surface area (Å²) < 4.78 is 0. The van der Waals surface area contributed by atoms with Crippen molar-refractivity contribution in [2.45, 2.75) is 51.0 Å². The molecule has 6 atom stereocenters. The normalized spacial score (nSPS) is 43.1. The van der Waals surface area contributed by atoms with Gasteiger partial charge in [-0.25, -0.2) is 0 Å². The highest BCUT2D eigenvalue weighted by Gasteiger charge is 2.56. The molecule has 4 rings (SSSR count). The molecule has 2 saturated carbocycles. The Morgan fingerprint density at radius 1 is 1.32 bits per heavy atom. The number of aryl methyl sites for hydroxylation is 1. The van der Waals surface area contributed by atoms with Crippen molar-refractivity contribution in [2.75, 3.05) is 0 Å². The SMILES string of the molecule is C[C@]12CC[C@@H]3c4ccc(O)cc4CC[C@H]3[C@@H]1[C@H](C=S)[C@@H](O)C2. The van der Waals surface area contributed by atoms with Gasteiger partial charge in [-0.2, -0.15) is 0 Å². The van der Waals surface area contributed by atoms with Crippen molar-refractivity contribution in [2.24, 2.45) is 23.2 Å². The van der Waals surface area contributed by atoms with Crippen molar-refractivity contribution in [1.29, 1.82) is 0 Å². The first kappa shape index (κ1) is 14.6. The van der Waals surface area contributed by atoms with E-state index < -0.39 is 0 Å². The van der Waals surface area contributed by atoms with Gasteiger partial charge in [0.05, 0.1) is 6.10 Å². The summed E-state index contributed by atoms with van der Waals surface area (Å²) in [5.41, 5.74) is 3.00. The molecule has 0 radical (unpaired) electrons. The number of aliphatic hydroxyl groups excluding tert-OH is 1. The standard InChI is InChI=1S/C19H24O2S/c1-19-7-6-14-13-5-3-12(20)8-11(13)2-4-15(14)18(19)16(10-22)17(21)9-19/h3,5,8,10,14-18,20-21H,2,4,6-7,9H2,1H3/t14-,15-,16-,17+,18-,19-/m1/s1. The first-order chi connectivity index (χ1) is 10.5. The first-order valence-corrected chi connectivity index (χ1v) is 8.96. The van der Waals surface area contributed by atoms with E-state index in [0.717, 1.165) is 19.3 Å². The van der Waals surface area contributed by atoms with E-state index in [-0.39, 0.29) is 17.4 Å². The van der Waals surface area contributed by atoms with E-state index in [1.54, 1.807) is 0 Å². The Bertz CT molecular complexity index is 613. The predicted molar refractivity (Wildman–Crippen MR) is 91.3 cm³/mol. The maximum absolute atomic E-state index is 10.5. The average Bonchev–Trinajstić information content (AvgIpc) is 2.76. The summed E-state index contributed by atoms with van der Waals surface area (Å²) in [4.78, 5) is 0. The lowest BCUT2D eigenvalue weighted by Gasteiger charge is -2.50. The minimum atomic E-state index is -0.257. The maximum Gasteiger partial charge on any atom is 0.115 e. The zero-order chi connectivity index (χ0) is 15.5. The van der Waals surface area contributed by atoms with Gasteiger partial charge < -0.3 is 10.2 Å². The van der Waals surface area contributed by atoms with E-state index in [4.69, 9.17) is 12.2 Å². The molecule has 0 unspecified atom stereocenters. The Balaban J connectivity index is 1.74. The second-order valence-electron chi connectivity index (χ2n) is 7.90. The Morgan fingerprint density at radius 2 is 2.14 bits per heavy atom. The first-order valence-electron chi connectivity index (χ1n) is 8.48. The number of fused-ring (bicyclic) bond motifs is 5. The Labute approximate surface area is 137 Å². The molecule has 0 aliphatic heterocycles. The summed E-state index contributed by atoms with van der Waals surface area (Å²) in [5.74, 6) is 2.26. The van der Waals surface area contributed by atoms with Crippen molar-refractivity contribution in [3.63, 3.8) is 0 Å². The lowest BCUT2D eigenvalue weighted by molar-refractivity contribution is 0.0489. The molecule has 0 saturated heterocycles. The molecule has 1 aromatic carbocycles. The molecule has 2 N–H and O–H groups in total. The van der Waals surface area contributed by atoms with Gasteiger partial charge >= 0.3 is 0 Å². The van der Waals surface area contributed by atoms with E-state index in [1.165, 1.54) is 24.0 Å². The van der Waals surface area contributed by atoms with Gasteiger partial charge in [0.1, 0.15) is 5.75 Å². The van der Waals surface area contributed by atoms with Gasteiger partial charge in [-0.05, 0) is 83.9 Å². The van der Waals surface area contributed by atoms with Crippen LogP contribution in [0.1, 0.15) is 49.7 Å². The Morgan fingerprint density at radius 3 is 2.91 bits per heavy atom. The van der Waals surface area contributed by atoms with E-state index in [0.29, 0.717) is 23.5 Å². The van der Waals surface area contributed by atoms with Gasteiger partial charge in [0.25, 0.3) is 0 Å². The van der Waals surface area contributed by atoms with Crippen LogP contribution >= 0.6 is 12.2 Å². The van der Waals surface area contributed by atoms with Crippen molar-refractivity contribution in [1.82, 2.24) is 0 Å². The summed E-state index contributed by atoms with van der Waals surface area (Å²) in [6.45, 7) is 2.36. The van der Waals surface area contributed by atoms with Gasteiger partial charge in [-0.15, -0.1) is 0 Å². The van der Waals surface area contributed by atoms with Crippen molar-refractivity contribution in [3.8, 4) is 5.75 Å². The third-order valence-electron chi connectivity index (χ3n) is 6.77. The topological polar surface area (TPSA) is 40.5 Å². The number of hydrogen-bond acceptors (Lipinski definition) is 3. The van der Waals surface area contributed by atoms with Crippen LogP contribution in [0.3, 0.4) is 0 Å². The summed E-state index contributed by atoms with van der Waals surface area (Å²) in [6, 6.07) is 5.90. The van der Waals surface area contributed by atoms with Crippen LogP contribution in [0.4, 0.5) is 0 Å². The number of aliphatic hydroxyl groups is 1. The molecule has 0 spiro atoms. The van der Waals surface area contributed by atoms with Crippen LogP contribution in [0, 0.1) is 23.2 Å². The van der Waals surface area contributed by atoms with E-state index in [2.05, 4.69) is 13.0 Å². The molecular formula is C19H24O2S. The Hall–Kier alpha value is -0.930. The lowest BCUT2D eigenvalue weighted by atomic mass is 9.54. The third kappa shape index (κ3) is 1.98. The minimum Gasteiger partial charge on any atom is -0.508 e. The molecule has 1 aromatic rings. The molecule has 118 valence electrons. The number of benzene rings is 1. The second kappa shape index (κ2) is 5.04. The molecule has 3 aliphatic rings. The number of hydrogen-bond donors (Lipinski definition) is 2. The molecular weight excluding hydrogens is 292 g/mol. The van der Waals surface area contributed by atoms with Crippen LogP contribution in [-0.4, -0.2) is 21.7 Å². The van der Waals surface area contributed by atoms with E-state index in [9.17, 15) is 10.2 Å². The predicted octanol–water partition coefficient (Wildman–Crippen LogP) is 3.84. The smallest absolute Gasteiger partial charge is 0.115 e. The molecule has 0 heterocycles. The summed E-state index contributed by atoms with van der Waals surface area (Å²) in [6.07, 6.45) is 5.22. The zero-order valence-corrected chi connectivity index (χ0v) is 13.9. The van der Waals surface area contributed by atoms with Gasteiger partial charge in [-0.3, -0.25) is 0 Å². The highest BCUT2D eigenvalue weighted by atomic mass is 32.1. The quantitative estimate of drug-likeness (QED) is 0.774. The highest BCUT2D eigenvalue weighted by Crippen LogP contribution is 2.62. The zero-order valence-electron chi connectivity index (χ0n) is 13.0. The fraction of sp³-hybridized carbons (Fsp3) is 0.632. The number of aromatic hydroxyl groups is 1. The fourth-order valence-electron chi connectivity index (χ4n) is 5.91. The molecule has 0 aromatic heterocycles. The van der Waals surface area contributed by atoms with Crippen LogP contribution in [0.5, 0.6) is 5.75 Å². The minimum absolute atomic E-state index is 0.173. The van der Waals surface area contributed by atoms with Crippen LogP contribution in [0.15, 0.2) is 18.2 Å². The van der Waals surface area contributed by atoms with E-state index in [1.807, 2.05) is 17.5 Å². The maximum atomic E-state index is 10.5. The van der Waals surface area contributed by atoms with Gasteiger partial charge in [-0.1, -0.05) is 25.2 Å². The monoisotopic (exact) mass is 316 g/mol.